The fourth-order valence-corrected chi connectivity index (χ4v) is 1.78. The van der Waals surface area contributed by atoms with Crippen molar-refractivity contribution in [3.8, 4) is 5.75 Å². The van der Waals surface area contributed by atoms with Gasteiger partial charge in [0.1, 0.15) is 5.75 Å². The first-order valence-corrected chi connectivity index (χ1v) is 6.28. The van der Waals surface area contributed by atoms with E-state index in [0.717, 1.165) is 17.7 Å². The van der Waals surface area contributed by atoms with E-state index in [-0.39, 0.29) is 0 Å². The van der Waals surface area contributed by atoms with E-state index in [1.165, 1.54) is 10.9 Å². The monoisotopic (exact) mass is 234 g/mol. The molecule has 3 heteroatoms. The predicted molar refractivity (Wildman–Crippen MR) is 73.6 cm³/mol. The maximum atomic E-state index is 5.56. The smallest absolute Gasteiger partial charge is 0.120 e. The second-order valence-electron chi connectivity index (χ2n) is 3.49. The molecule has 0 bridgehead atoms. The van der Waals surface area contributed by atoms with Gasteiger partial charge in [-0.05, 0) is 43.7 Å². The minimum absolute atomic E-state index is 0.672. The van der Waals surface area contributed by atoms with E-state index in [2.05, 4.69) is 11.1 Å². The van der Waals surface area contributed by atoms with E-state index >= 15 is 0 Å². The lowest BCUT2D eigenvalue weighted by molar-refractivity contribution is 0.340. The van der Waals surface area contributed by atoms with Gasteiger partial charge in [0, 0.05) is 17.1 Å². The van der Waals surface area contributed by atoms with Crippen molar-refractivity contribution in [3.63, 3.8) is 0 Å². The minimum Gasteiger partial charge on any atom is -0.494 e. The molecule has 1 aromatic carbocycles. The number of aromatic nitrogens is 1. The van der Waals surface area contributed by atoms with Gasteiger partial charge < -0.3 is 15.5 Å². The largest absolute Gasteiger partial charge is 0.494 e. The van der Waals surface area contributed by atoms with Crippen LogP contribution < -0.4 is 10.5 Å². The quantitative estimate of drug-likeness (QED) is 0.854. The van der Waals surface area contributed by atoms with Gasteiger partial charge in [0.15, 0.2) is 0 Å². The number of hydrogen-bond acceptors (Lipinski definition) is 2. The number of rotatable bonds is 4. The lowest BCUT2D eigenvalue weighted by Crippen LogP contribution is -2.01. The zero-order chi connectivity index (χ0) is 12.7. The Labute approximate surface area is 103 Å². The highest BCUT2D eigenvalue weighted by atomic mass is 16.5. The molecule has 0 radical (unpaired) electrons. The van der Waals surface area contributed by atoms with Crippen molar-refractivity contribution in [2.45, 2.75) is 27.2 Å². The van der Waals surface area contributed by atoms with Crippen molar-refractivity contribution in [1.29, 1.82) is 0 Å². The summed E-state index contributed by atoms with van der Waals surface area (Å²) in [7, 11) is 0. The molecule has 0 aliphatic carbocycles. The number of aromatic amines is 1. The van der Waals surface area contributed by atoms with Crippen molar-refractivity contribution in [2.24, 2.45) is 5.73 Å². The Bertz CT molecular complexity index is 448. The molecule has 3 N–H and O–H groups in total. The maximum Gasteiger partial charge on any atom is 0.120 e. The van der Waals surface area contributed by atoms with Crippen LogP contribution in [-0.4, -0.2) is 18.1 Å². The summed E-state index contributed by atoms with van der Waals surface area (Å²) in [5.41, 5.74) is 7.96. The average Bonchev–Trinajstić information content (AvgIpc) is 2.76. The van der Waals surface area contributed by atoms with Crippen molar-refractivity contribution in [2.75, 3.05) is 13.2 Å². The number of benzene rings is 1. The van der Waals surface area contributed by atoms with Gasteiger partial charge in [-0.1, -0.05) is 13.8 Å². The molecule has 0 spiro atoms. The molecule has 0 saturated carbocycles. The molecular formula is C14H22N2O. The van der Waals surface area contributed by atoms with Crippen molar-refractivity contribution in [3.05, 3.63) is 30.0 Å². The van der Waals surface area contributed by atoms with Crippen LogP contribution in [0.4, 0.5) is 0 Å². The van der Waals surface area contributed by atoms with Crippen LogP contribution in [0.1, 0.15) is 26.3 Å². The van der Waals surface area contributed by atoms with E-state index in [9.17, 15) is 0 Å². The molecule has 2 aromatic rings. The van der Waals surface area contributed by atoms with E-state index in [4.69, 9.17) is 10.5 Å². The second kappa shape index (κ2) is 6.97. The minimum atomic E-state index is 0.672. The molecule has 0 aliphatic heterocycles. The van der Waals surface area contributed by atoms with Gasteiger partial charge in [0.2, 0.25) is 0 Å². The number of ether oxygens (including phenoxy) is 1. The summed E-state index contributed by atoms with van der Waals surface area (Å²) >= 11 is 0. The number of hydrogen-bond donors (Lipinski definition) is 2. The zero-order valence-electron chi connectivity index (χ0n) is 10.9. The van der Waals surface area contributed by atoms with Gasteiger partial charge in [0.05, 0.1) is 6.61 Å². The van der Waals surface area contributed by atoms with Crippen LogP contribution in [0, 0.1) is 0 Å². The van der Waals surface area contributed by atoms with E-state index in [0.29, 0.717) is 13.2 Å². The van der Waals surface area contributed by atoms with Gasteiger partial charge >= 0.3 is 0 Å². The molecule has 0 atom stereocenters. The molecule has 17 heavy (non-hydrogen) atoms. The van der Waals surface area contributed by atoms with Crippen LogP contribution in [-0.2, 0) is 6.42 Å². The Morgan fingerprint density at radius 3 is 2.71 bits per heavy atom. The Hall–Kier alpha value is -1.48. The summed E-state index contributed by atoms with van der Waals surface area (Å²) in [4.78, 5) is 3.23. The Balaban J connectivity index is 0.000000686. The normalized spacial score (nSPS) is 9.88. The lowest BCUT2D eigenvalue weighted by atomic mass is 10.1. The summed E-state index contributed by atoms with van der Waals surface area (Å²) in [5.74, 6) is 0.919. The van der Waals surface area contributed by atoms with E-state index in [1.54, 1.807) is 0 Å². The highest BCUT2D eigenvalue weighted by Gasteiger charge is 2.04. The first-order valence-electron chi connectivity index (χ1n) is 6.28. The Morgan fingerprint density at radius 1 is 1.29 bits per heavy atom. The summed E-state index contributed by atoms with van der Waals surface area (Å²) < 4.78 is 5.47. The third-order valence-electron chi connectivity index (χ3n) is 2.46. The molecule has 0 aliphatic rings. The fraction of sp³-hybridized carbons (Fsp3) is 0.429. The topological polar surface area (TPSA) is 51.0 Å². The number of nitrogens with one attached hydrogen (secondary N) is 1. The molecule has 0 amide bonds. The predicted octanol–water partition coefficient (Wildman–Crippen LogP) is 3.09. The van der Waals surface area contributed by atoms with Crippen LogP contribution in [0.3, 0.4) is 0 Å². The standard InChI is InChI=1S/C12H16N2O.C2H6/c1-2-15-10-3-4-12-11(7-10)9(5-6-13)8-14-12;1-2/h3-4,7-8,14H,2,5-6,13H2,1H3;1-2H3. The van der Waals surface area contributed by atoms with Crippen LogP contribution in [0.2, 0.25) is 0 Å². The van der Waals surface area contributed by atoms with E-state index < -0.39 is 0 Å². The molecule has 0 fully saturated rings. The lowest BCUT2D eigenvalue weighted by Gasteiger charge is -2.03. The van der Waals surface area contributed by atoms with Crippen molar-refractivity contribution >= 4 is 10.9 Å². The average molecular weight is 234 g/mol. The first kappa shape index (κ1) is 13.6. The SMILES string of the molecule is CC.CCOc1ccc2[nH]cc(CCN)c2c1. The highest BCUT2D eigenvalue weighted by molar-refractivity contribution is 5.84. The molecule has 0 saturated heterocycles. The molecule has 1 aromatic heterocycles. The second-order valence-corrected chi connectivity index (χ2v) is 3.49. The Kier molecular flexibility index (Phi) is 5.57. The maximum absolute atomic E-state index is 5.56. The molecule has 1 heterocycles. The third kappa shape index (κ3) is 3.24. The summed E-state index contributed by atoms with van der Waals surface area (Å²) in [6.45, 7) is 7.36. The van der Waals surface area contributed by atoms with Gasteiger partial charge in [-0.3, -0.25) is 0 Å². The number of H-pyrrole nitrogens is 1. The molecule has 0 unspecified atom stereocenters. The first-order chi connectivity index (χ1) is 8.35. The van der Waals surface area contributed by atoms with Crippen molar-refractivity contribution < 1.29 is 4.74 Å². The number of fused-ring (bicyclic) bond motifs is 1. The number of nitrogens with two attached hydrogens (primary N) is 1. The van der Waals surface area contributed by atoms with Gasteiger partial charge in [-0.15, -0.1) is 0 Å². The van der Waals surface area contributed by atoms with Crippen LogP contribution in [0.15, 0.2) is 24.4 Å². The summed E-state index contributed by atoms with van der Waals surface area (Å²) in [6.07, 6.45) is 2.92. The van der Waals surface area contributed by atoms with E-state index in [1.807, 2.05) is 39.1 Å². The van der Waals surface area contributed by atoms with Crippen LogP contribution in [0.25, 0.3) is 10.9 Å². The van der Waals surface area contributed by atoms with Crippen LogP contribution in [0.5, 0.6) is 5.75 Å². The summed E-state index contributed by atoms with van der Waals surface area (Å²) in [6, 6.07) is 6.09. The van der Waals surface area contributed by atoms with Gasteiger partial charge in [-0.25, -0.2) is 0 Å². The zero-order valence-corrected chi connectivity index (χ0v) is 10.9. The summed E-state index contributed by atoms with van der Waals surface area (Å²) in [5, 5.41) is 1.21. The molecule has 2 rings (SSSR count). The molecule has 94 valence electrons. The molecular weight excluding hydrogens is 212 g/mol. The fourth-order valence-electron chi connectivity index (χ4n) is 1.78. The van der Waals surface area contributed by atoms with Crippen LogP contribution >= 0.6 is 0 Å². The van der Waals surface area contributed by atoms with Crippen molar-refractivity contribution in [1.82, 2.24) is 4.98 Å². The molecule has 3 nitrogen and oxygen atoms in total. The Morgan fingerprint density at radius 2 is 2.06 bits per heavy atom. The van der Waals surface area contributed by atoms with Gasteiger partial charge in [0.25, 0.3) is 0 Å². The highest BCUT2D eigenvalue weighted by Crippen LogP contribution is 2.23. The van der Waals surface area contributed by atoms with Gasteiger partial charge in [-0.2, -0.15) is 0 Å². The third-order valence-corrected chi connectivity index (χ3v) is 2.46.